The summed E-state index contributed by atoms with van der Waals surface area (Å²) in [5, 5.41) is 10.4. The van der Waals surface area contributed by atoms with Gasteiger partial charge in [-0.2, -0.15) is 13.2 Å². The summed E-state index contributed by atoms with van der Waals surface area (Å²) in [6.45, 7) is 0.181. The summed E-state index contributed by atoms with van der Waals surface area (Å²) < 4.78 is 52.0. The van der Waals surface area contributed by atoms with Gasteiger partial charge in [0.25, 0.3) is 5.91 Å². The van der Waals surface area contributed by atoms with Gasteiger partial charge in [0, 0.05) is 6.54 Å². The number of fused-ring (bicyclic) bond motifs is 1. The van der Waals surface area contributed by atoms with Crippen LogP contribution in [0.5, 0.6) is 5.75 Å². The highest BCUT2D eigenvalue weighted by molar-refractivity contribution is 5.93. The Hall–Kier alpha value is -3.40. The number of aromatic nitrogens is 3. The number of hydrogen-bond donors (Lipinski definition) is 1. The molecule has 2 aromatic carbocycles. The second-order valence-corrected chi connectivity index (χ2v) is 6.98. The highest BCUT2D eigenvalue weighted by atomic mass is 19.4. The van der Waals surface area contributed by atoms with Crippen molar-refractivity contribution in [3.8, 4) is 5.75 Å². The van der Waals surface area contributed by atoms with E-state index in [4.69, 9.17) is 9.47 Å². The number of halogens is 3. The van der Waals surface area contributed by atoms with E-state index < -0.39 is 17.6 Å². The first-order valence-corrected chi connectivity index (χ1v) is 9.48. The van der Waals surface area contributed by atoms with Crippen LogP contribution in [-0.4, -0.2) is 28.0 Å². The number of methoxy groups -OCH3 is 1. The maximum absolute atomic E-state index is 13.1. The Bertz CT molecular complexity index is 1080. The predicted molar refractivity (Wildman–Crippen MR) is 103 cm³/mol. The first-order chi connectivity index (χ1) is 14.9. The number of carbonyl (C=O) groups excluding carboxylic acids is 1. The van der Waals surface area contributed by atoms with Gasteiger partial charge in [0.1, 0.15) is 11.9 Å². The molecule has 1 aliphatic heterocycles. The molecule has 1 aromatic heterocycles. The number of rotatable bonds is 5. The lowest BCUT2D eigenvalue weighted by molar-refractivity contribution is -0.138. The molecule has 0 bridgehead atoms. The molecule has 0 saturated carbocycles. The monoisotopic (exact) mass is 432 g/mol. The van der Waals surface area contributed by atoms with Gasteiger partial charge in [-0.15, -0.1) is 5.10 Å². The van der Waals surface area contributed by atoms with E-state index in [1.165, 1.54) is 18.2 Å². The summed E-state index contributed by atoms with van der Waals surface area (Å²) >= 11 is 0. The quantitative estimate of drug-likeness (QED) is 0.668. The number of benzene rings is 2. The van der Waals surface area contributed by atoms with Gasteiger partial charge in [-0.3, -0.25) is 4.79 Å². The molecule has 1 amide bonds. The third-order valence-electron chi connectivity index (χ3n) is 5.06. The normalized spacial score (nSPS) is 15.9. The third-order valence-corrected chi connectivity index (χ3v) is 5.06. The van der Waals surface area contributed by atoms with Crippen molar-refractivity contribution in [3.63, 3.8) is 0 Å². The minimum absolute atomic E-state index is 0.0276. The zero-order valence-corrected chi connectivity index (χ0v) is 16.5. The van der Waals surface area contributed by atoms with Crippen molar-refractivity contribution < 1.29 is 27.4 Å². The molecule has 4 rings (SSSR count). The van der Waals surface area contributed by atoms with Crippen LogP contribution in [0.25, 0.3) is 0 Å². The molecule has 3 aromatic rings. The van der Waals surface area contributed by atoms with E-state index in [0.717, 1.165) is 17.4 Å². The van der Waals surface area contributed by atoms with E-state index in [0.29, 0.717) is 12.2 Å². The number of ether oxygens (including phenoxy) is 2. The standard InChI is InChI=1S/C21H19F3N4O3/c1-30-15-8-6-13(7-9-15)18-11-28-17(12-31-18)19(26-27-28)20(29)25-10-14-4-2-3-5-16(14)21(22,23)24/h2-9,18H,10-12H2,1H3,(H,25,29)/t18-/m1/s1. The van der Waals surface area contributed by atoms with E-state index in [-0.39, 0.29) is 30.5 Å². The van der Waals surface area contributed by atoms with Gasteiger partial charge in [0.05, 0.1) is 31.5 Å². The fraction of sp³-hybridized carbons (Fsp3) is 0.286. The Labute approximate surface area is 175 Å². The number of alkyl halides is 3. The van der Waals surface area contributed by atoms with E-state index in [1.807, 2.05) is 24.3 Å². The van der Waals surface area contributed by atoms with Crippen LogP contribution < -0.4 is 10.1 Å². The first kappa shape index (κ1) is 20.9. The molecule has 0 fully saturated rings. The van der Waals surface area contributed by atoms with Crippen molar-refractivity contribution in [1.82, 2.24) is 20.3 Å². The highest BCUT2D eigenvalue weighted by Crippen LogP contribution is 2.32. The molecule has 0 radical (unpaired) electrons. The predicted octanol–water partition coefficient (Wildman–Crippen LogP) is 3.51. The summed E-state index contributed by atoms with van der Waals surface area (Å²) in [4.78, 5) is 12.6. The van der Waals surface area contributed by atoms with Gasteiger partial charge in [-0.05, 0) is 29.3 Å². The molecule has 1 N–H and O–H groups in total. The van der Waals surface area contributed by atoms with Crippen LogP contribution in [-0.2, 0) is 30.6 Å². The second-order valence-electron chi connectivity index (χ2n) is 6.98. The minimum Gasteiger partial charge on any atom is -0.497 e. The summed E-state index contributed by atoms with van der Waals surface area (Å²) in [5.41, 5.74) is 0.631. The largest absolute Gasteiger partial charge is 0.497 e. The molecule has 0 saturated heterocycles. The summed E-state index contributed by atoms with van der Waals surface area (Å²) in [5.74, 6) is 0.122. The number of carbonyl (C=O) groups is 1. The number of amides is 1. The molecule has 1 atom stereocenters. The second kappa shape index (κ2) is 8.38. The average Bonchev–Trinajstić information content (AvgIpc) is 3.20. The molecule has 31 heavy (non-hydrogen) atoms. The van der Waals surface area contributed by atoms with Crippen molar-refractivity contribution in [3.05, 3.63) is 76.6 Å². The average molecular weight is 432 g/mol. The van der Waals surface area contributed by atoms with Crippen molar-refractivity contribution in [1.29, 1.82) is 0 Å². The van der Waals surface area contributed by atoms with Crippen LogP contribution >= 0.6 is 0 Å². The Morgan fingerprint density at radius 3 is 2.68 bits per heavy atom. The molecule has 162 valence electrons. The molecule has 10 heteroatoms. The lowest BCUT2D eigenvalue weighted by Crippen LogP contribution is -2.28. The smallest absolute Gasteiger partial charge is 0.416 e. The van der Waals surface area contributed by atoms with Crippen LogP contribution in [0, 0.1) is 0 Å². The zero-order valence-electron chi connectivity index (χ0n) is 16.5. The van der Waals surface area contributed by atoms with Crippen molar-refractivity contribution in [2.45, 2.75) is 32.0 Å². The number of nitrogens with one attached hydrogen (secondary N) is 1. The van der Waals surface area contributed by atoms with Crippen molar-refractivity contribution in [2.24, 2.45) is 0 Å². The maximum Gasteiger partial charge on any atom is 0.416 e. The van der Waals surface area contributed by atoms with Crippen LogP contribution in [0.1, 0.15) is 39.0 Å². The molecule has 0 unspecified atom stereocenters. The van der Waals surface area contributed by atoms with E-state index in [2.05, 4.69) is 15.6 Å². The Morgan fingerprint density at radius 1 is 1.23 bits per heavy atom. The Balaban J connectivity index is 1.45. The van der Waals surface area contributed by atoms with Gasteiger partial charge in [0.15, 0.2) is 5.69 Å². The van der Waals surface area contributed by atoms with Gasteiger partial charge in [-0.1, -0.05) is 35.5 Å². The third kappa shape index (κ3) is 4.38. The summed E-state index contributed by atoms with van der Waals surface area (Å²) in [7, 11) is 1.59. The fourth-order valence-corrected chi connectivity index (χ4v) is 3.42. The Morgan fingerprint density at radius 2 is 1.97 bits per heavy atom. The maximum atomic E-state index is 13.1. The van der Waals surface area contributed by atoms with Crippen LogP contribution in [0.15, 0.2) is 48.5 Å². The summed E-state index contributed by atoms with van der Waals surface area (Å²) in [6.07, 6.45) is -4.77. The highest BCUT2D eigenvalue weighted by Gasteiger charge is 2.33. The van der Waals surface area contributed by atoms with Crippen LogP contribution in [0.4, 0.5) is 13.2 Å². The van der Waals surface area contributed by atoms with Gasteiger partial charge >= 0.3 is 6.18 Å². The van der Waals surface area contributed by atoms with Crippen LogP contribution in [0.3, 0.4) is 0 Å². The zero-order chi connectivity index (χ0) is 22.0. The Kier molecular flexibility index (Phi) is 5.64. The van der Waals surface area contributed by atoms with Gasteiger partial charge in [-0.25, -0.2) is 4.68 Å². The van der Waals surface area contributed by atoms with Crippen molar-refractivity contribution >= 4 is 5.91 Å². The molecule has 2 heterocycles. The summed E-state index contributed by atoms with van der Waals surface area (Å²) in [6, 6.07) is 12.5. The molecule has 7 nitrogen and oxygen atoms in total. The van der Waals surface area contributed by atoms with E-state index in [1.54, 1.807) is 11.8 Å². The molecule has 1 aliphatic rings. The lowest BCUT2D eigenvalue weighted by atomic mass is 10.1. The molecule has 0 spiro atoms. The topological polar surface area (TPSA) is 78.3 Å². The van der Waals surface area contributed by atoms with Gasteiger partial charge in [0.2, 0.25) is 0 Å². The van der Waals surface area contributed by atoms with Gasteiger partial charge < -0.3 is 14.8 Å². The lowest BCUT2D eigenvalue weighted by Gasteiger charge is -2.24. The van der Waals surface area contributed by atoms with Crippen LogP contribution in [0.2, 0.25) is 0 Å². The SMILES string of the molecule is COc1ccc([C@H]2Cn3nnc(C(=O)NCc4ccccc4C(F)(F)F)c3CO2)cc1. The molecular formula is C21H19F3N4O3. The first-order valence-electron chi connectivity index (χ1n) is 9.48. The molecular weight excluding hydrogens is 413 g/mol. The number of nitrogens with zero attached hydrogens (tertiary/aromatic N) is 3. The van der Waals surface area contributed by atoms with E-state index in [9.17, 15) is 18.0 Å². The number of hydrogen-bond acceptors (Lipinski definition) is 5. The molecule has 0 aliphatic carbocycles. The fourth-order valence-electron chi connectivity index (χ4n) is 3.42. The van der Waals surface area contributed by atoms with E-state index >= 15 is 0 Å². The van der Waals surface area contributed by atoms with Crippen molar-refractivity contribution in [2.75, 3.05) is 7.11 Å². The minimum atomic E-state index is -4.50.